The molecule has 0 radical (unpaired) electrons. The molecule has 1 N–H and O–H groups in total. The average Bonchev–Trinajstić information content (AvgIpc) is 3.25. The van der Waals surface area contributed by atoms with Crippen LogP contribution in [0.2, 0.25) is 0 Å². The highest BCUT2D eigenvalue weighted by molar-refractivity contribution is 7.92. The average molecular weight is 404 g/mol. The molecule has 2 aromatic carbocycles. The number of hydrogen-bond donors (Lipinski definition) is 1. The number of methoxy groups -OCH3 is 1. The molecule has 0 bridgehead atoms. The van der Waals surface area contributed by atoms with Gasteiger partial charge in [-0.25, -0.2) is 8.42 Å². The number of amides is 1. The van der Waals surface area contributed by atoms with Crippen LogP contribution in [0.5, 0.6) is 5.75 Å². The summed E-state index contributed by atoms with van der Waals surface area (Å²) >= 11 is 0. The van der Waals surface area contributed by atoms with E-state index >= 15 is 0 Å². The molecule has 1 atom stereocenters. The number of nitrogens with one attached hydrogen (secondary N) is 1. The van der Waals surface area contributed by atoms with Crippen LogP contribution in [0.3, 0.4) is 0 Å². The van der Waals surface area contributed by atoms with E-state index in [9.17, 15) is 13.2 Å². The molecule has 2 aromatic rings. The summed E-state index contributed by atoms with van der Waals surface area (Å²) in [5, 5.41) is 2.84. The summed E-state index contributed by atoms with van der Waals surface area (Å²) in [5.74, 6) is 0.319. The van der Waals surface area contributed by atoms with E-state index in [-0.39, 0.29) is 16.9 Å². The number of benzene rings is 2. The third kappa shape index (κ3) is 4.45. The minimum Gasteiger partial charge on any atom is -0.497 e. The number of carbonyl (C=O) groups is 1. The molecule has 0 saturated carbocycles. The smallest absolute Gasteiger partial charge is 0.264 e. The first-order valence-electron chi connectivity index (χ1n) is 9.04. The van der Waals surface area contributed by atoms with Crippen LogP contribution in [0.25, 0.3) is 0 Å². The minimum atomic E-state index is -3.76. The van der Waals surface area contributed by atoms with Gasteiger partial charge in [0.15, 0.2) is 0 Å². The van der Waals surface area contributed by atoms with Crippen molar-refractivity contribution in [2.75, 3.05) is 31.6 Å². The van der Waals surface area contributed by atoms with Crippen molar-refractivity contribution < 1.29 is 22.7 Å². The van der Waals surface area contributed by atoms with Crippen molar-refractivity contribution in [3.05, 3.63) is 54.1 Å². The summed E-state index contributed by atoms with van der Waals surface area (Å²) in [6.07, 6.45) is 1.98. The largest absolute Gasteiger partial charge is 0.497 e. The van der Waals surface area contributed by atoms with Crippen molar-refractivity contribution >= 4 is 21.6 Å². The molecule has 0 aliphatic carbocycles. The van der Waals surface area contributed by atoms with Crippen LogP contribution in [0.1, 0.15) is 23.2 Å². The molecule has 3 rings (SSSR count). The fourth-order valence-corrected chi connectivity index (χ4v) is 4.19. The van der Waals surface area contributed by atoms with Gasteiger partial charge in [-0.15, -0.1) is 0 Å². The maximum Gasteiger partial charge on any atom is 0.264 e. The topological polar surface area (TPSA) is 84.9 Å². The normalized spacial score (nSPS) is 16.6. The summed E-state index contributed by atoms with van der Waals surface area (Å²) in [6, 6.07) is 12.7. The zero-order valence-electron chi connectivity index (χ0n) is 15.9. The minimum absolute atomic E-state index is 0.0465. The number of sulfonamides is 1. The SMILES string of the molecule is COc1ccc(S(=O)(=O)N(C)c2cccc(C(=O)NC[C@@H]3CCCO3)c2)cc1. The highest BCUT2D eigenvalue weighted by Gasteiger charge is 2.22. The molecule has 0 spiro atoms. The first-order chi connectivity index (χ1) is 13.4. The molecule has 1 saturated heterocycles. The molecule has 0 aromatic heterocycles. The maximum absolute atomic E-state index is 12.9. The van der Waals surface area contributed by atoms with E-state index in [1.54, 1.807) is 36.4 Å². The Labute approximate surface area is 165 Å². The van der Waals surface area contributed by atoms with Gasteiger partial charge in [0.05, 0.1) is 23.8 Å². The first kappa shape index (κ1) is 20.2. The molecule has 0 unspecified atom stereocenters. The maximum atomic E-state index is 12.9. The van der Waals surface area contributed by atoms with Gasteiger partial charge in [-0.3, -0.25) is 9.10 Å². The predicted octanol–water partition coefficient (Wildman–Crippen LogP) is 2.43. The number of anilines is 1. The molecule has 1 aliphatic rings. The summed E-state index contributed by atoms with van der Waals surface area (Å²) in [5.41, 5.74) is 0.799. The van der Waals surface area contributed by atoms with Crippen LogP contribution < -0.4 is 14.4 Å². The monoisotopic (exact) mass is 404 g/mol. The van der Waals surface area contributed by atoms with Crippen LogP contribution >= 0.6 is 0 Å². The van der Waals surface area contributed by atoms with Gasteiger partial charge in [0, 0.05) is 25.8 Å². The standard InChI is InChI=1S/C20H24N2O5S/c1-22(28(24,25)19-10-8-17(26-2)9-11-19)16-6-3-5-15(13-16)20(23)21-14-18-7-4-12-27-18/h3,5-6,8-11,13,18H,4,7,12,14H2,1-2H3,(H,21,23)/t18-/m0/s1. The Morgan fingerprint density at radius 2 is 2.00 bits per heavy atom. The molecular formula is C20H24N2O5S. The van der Waals surface area contributed by atoms with Gasteiger partial charge < -0.3 is 14.8 Å². The number of hydrogen-bond acceptors (Lipinski definition) is 5. The third-order valence-corrected chi connectivity index (χ3v) is 6.50. The molecular weight excluding hydrogens is 380 g/mol. The lowest BCUT2D eigenvalue weighted by molar-refractivity contribution is 0.0858. The fourth-order valence-electron chi connectivity index (χ4n) is 3.00. The summed E-state index contributed by atoms with van der Waals surface area (Å²) in [7, 11) is -0.779. The Morgan fingerprint density at radius 3 is 2.64 bits per heavy atom. The van der Waals surface area contributed by atoms with Gasteiger partial charge >= 0.3 is 0 Å². The molecule has 1 fully saturated rings. The van der Waals surface area contributed by atoms with Crippen molar-refractivity contribution in [2.24, 2.45) is 0 Å². The molecule has 1 amide bonds. The van der Waals surface area contributed by atoms with Crippen molar-refractivity contribution in [2.45, 2.75) is 23.8 Å². The van der Waals surface area contributed by atoms with Gasteiger partial charge in [0.1, 0.15) is 5.75 Å². The van der Waals surface area contributed by atoms with E-state index in [2.05, 4.69) is 5.32 Å². The Balaban J connectivity index is 1.74. The van der Waals surface area contributed by atoms with E-state index in [4.69, 9.17) is 9.47 Å². The predicted molar refractivity (Wildman–Crippen MR) is 106 cm³/mol. The zero-order chi connectivity index (χ0) is 20.1. The second-order valence-corrected chi connectivity index (χ2v) is 8.51. The van der Waals surface area contributed by atoms with Gasteiger partial charge in [0.25, 0.3) is 15.9 Å². The quantitative estimate of drug-likeness (QED) is 0.766. The van der Waals surface area contributed by atoms with E-state index in [1.807, 2.05) is 0 Å². The van der Waals surface area contributed by atoms with Crippen LogP contribution in [-0.4, -0.2) is 47.7 Å². The van der Waals surface area contributed by atoms with Crippen molar-refractivity contribution in [3.8, 4) is 5.75 Å². The fraction of sp³-hybridized carbons (Fsp3) is 0.350. The Morgan fingerprint density at radius 1 is 1.25 bits per heavy atom. The molecule has 28 heavy (non-hydrogen) atoms. The second-order valence-electron chi connectivity index (χ2n) is 6.54. The van der Waals surface area contributed by atoms with Gasteiger partial charge in [-0.05, 0) is 55.3 Å². The molecule has 8 heteroatoms. The summed E-state index contributed by atoms with van der Waals surface area (Å²) in [6.45, 7) is 1.17. The number of ether oxygens (including phenoxy) is 2. The van der Waals surface area contributed by atoms with Crippen LogP contribution in [0.15, 0.2) is 53.4 Å². The number of carbonyl (C=O) groups excluding carboxylic acids is 1. The summed E-state index contributed by atoms with van der Waals surface area (Å²) < 4.78 is 37.5. The van der Waals surface area contributed by atoms with Crippen molar-refractivity contribution in [1.82, 2.24) is 5.32 Å². The van der Waals surface area contributed by atoms with E-state index < -0.39 is 10.0 Å². The highest BCUT2D eigenvalue weighted by atomic mass is 32.2. The molecule has 150 valence electrons. The number of nitrogens with zero attached hydrogens (tertiary/aromatic N) is 1. The molecule has 7 nitrogen and oxygen atoms in total. The lowest BCUT2D eigenvalue weighted by atomic mass is 10.2. The third-order valence-electron chi connectivity index (χ3n) is 4.70. The van der Waals surface area contributed by atoms with Gasteiger partial charge in [0.2, 0.25) is 0 Å². The van der Waals surface area contributed by atoms with Crippen LogP contribution in [-0.2, 0) is 14.8 Å². The highest BCUT2D eigenvalue weighted by Crippen LogP contribution is 2.24. The van der Waals surface area contributed by atoms with Crippen molar-refractivity contribution in [1.29, 1.82) is 0 Å². The molecule has 1 aliphatic heterocycles. The second kappa shape index (κ2) is 8.62. The Hall–Kier alpha value is -2.58. The van der Waals surface area contributed by atoms with Gasteiger partial charge in [-0.2, -0.15) is 0 Å². The number of rotatable bonds is 7. The summed E-state index contributed by atoms with van der Waals surface area (Å²) in [4.78, 5) is 12.6. The van der Waals surface area contributed by atoms with E-state index in [0.29, 0.717) is 23.5 Å². The van der Waals surface area contributed by atoms with Crippen molar-refractivity contribution in [3.63, 3.8) is 0 Å². The lowest BCUT2D eigenvalue weighted by Crippen LogP contribution is -2.32. The molecule has 1 heterocycles. The van der Waals surface area contributed by atoms with Crippen LogP contribution in [0.4, 0.5) is 5.69 Å². The Bertz CT molecular complexity index is 922. The Kier molecular flexibility index (Phi) is 6.21. The lowest BCUT2D eigenvalue weighted by Gasteiger charge is -2.20. The van der Waals surface area contributed by atoms with Gasteiger partial charge in [-0.1, -0.05) is 6.07 Å². The zero-order valence-corrected chi connectivity index (χ0v) is 16.7. The first-order valence-corrected chi connectivity index (χ1v) is 10.5. The van der Waals surface area contributed by atoms with E-state index in [1.165, 1.54) is 26.3 Å². The van der Waals surface area contributed by atoms with Crippen LogP contribution in [0, 0.1) is 0 Å². The van der Waals surface area contributed by atoms with E-state index in [0.717, 1.165) is 23.8 Å².